The molecule has 194 valence electrons. The molecule has 0 aliphatic heterocycles. The van der Waals surface area contributed by atoms with Crippen LogP contribution in [0.1, 0.15) is 68.1 Å². The molecule has 0 unspecified atom stereocenters. The molecule has 3 aromatic rings. The van der Waals surface area contributed by atoms with Crippen molar-refractivity contribution in [1.29, 1.82) is 0 Å². The van der Waals surface area contributed by atoms with Gasteiger partial charge in [0.05, 0.1) is 6.61 Å². The summed E-state index contributed by atoms with van der Waals surface area (Å²) in [7, 11) is 0. The molecule has 3 aromatic carbocycles. The third kappa shape index (κ3) is 7.19. The summed E-state index contributed by atoms with van der Waals surface area (Å²) in [6, 6.07) is 20.0. The highest BCUT2D eigenvalue weighted by atomic mass is 19.2. The summed E-state index contributed by atoms with van der Waals surface area (Å²) < 4.78 is 33.9. The average Bonchev–Trinajstić information content (AvgIpc) is 2.94. The SMILES string of the molecule is C=CCCc1ccc(C2CCC(/C=C/CCc3ccc(-c4ccc(OCC)c(F)c4F)cc3)CC2)cc1. The van der Waals surface area contributed by atoms with Crippen molar-refractivity contribution in [3.05, 3.63) is 114 Å². The Bertz CT molecular complexity index is 1170. The van der Waals surface area contributed by atoms with E-state index in [9.17, 15) is 8.78 Å². The molecule has 0 aromatic heterocycles. The Labute approximate surface area is 220 Å². The van der Waals surface area contributed by atoms with Gasteiger partial charge in [-0.05, 0) is 105 Å². The number of hydrogen-bond acceptors (Lipinski definition) is 1. The third-order valence-corrected chi connectivity index (χ3v) is 7.48. The Morgan fingerprint density at radius 2 is 1.46 bits per heavy atom. The van der Waals surface area contributed by atoms with E-state index in [1.165, 1.54) is 48.4 Å². The Morgan fingerprint density at radius 3 is 2.11 bits per heavy atom. The topological polar surface area (TPSA) is 9.23 Å². The molecule has 0 spiro atoms. The highest BCUT2D eigenvalue weighted by Crippen LogP contribution is 2.36. The minimum Gasteiger partial charge on any atom is -0.491 e. The minimum absolute atomic E-state index is 0.0470. The smallest absolute Gasteiger partial charge is 0.201 e. The molecule has 1 fully saturated rings. The van der Waals surface area contributed by atoms with Crippen molar-refractivity contribution in [2.24, 2.45) is 5.92 Å². The van der Waals surface area contributed by atoms with E-state index in [1.807, 2.05) is 30.3 Å². The molecule has 0 bridgehead atoms. The largest absolute Gasteiger partial charge is 0.491 e. The minimum atomic E-state index is -0.931. The van der Waals surface area contributed by atoms with Gasteiger partial charge >= 0.3 is 0 Å². The van der Waals surface area contributed by atoms with Gasteiger partial charge in [-0.25, -0.2) is 4.39 Å². The second kappa shape index (κ2) is 13.4. The van der Waals surface area contributed by atoms with Crippen LogP contribution < -0.4 is 4.74 Å². The number of rotatable bonds is 11. The van der Waals surface area contributed by atoms with Crippen molar-refractivity contribution >= 4 is 0 Å². The maximum absolute atomic E-state index is 14.5. The zero-order chi connectivity index (χ0) is 26.0. The fourth-order valence-corrected chi connectivity index (χ4v) is 5.28. The first-order valence-electron chi connectivity index (χ1n) is 13.7. The summed E-state index contributed by atoms with van der Waals surface area (Å²) >= 11 is 0. The normalized spacial score (nSPS) is 17.7. The number of benzene rings is 3. The number of hydrogen-bond donors (Lipinski definition) is 0. The Balaban J connectivity index is 1.23. The van der Waals surface area contributed by atoms with Crippen LogP contribution in [0.2, 0.25) is 0 Å². The summed E-state index contributed by atoms with van der Waals surface area (Å²) in [6.07, 6.45) is 15.7. The van der Waals surface area contributed by atoms with Gasteiger partial charge in [-0.2, -0.15) is 4.39 Å². The van der Waals surface area contributed by atoms with Gasteiger partial charge in [0.1, 0.15) is 0 Å². The van der Waals surface area contributed by atoms with Gasteiger partial charge in [-0.15, -0.1) is 6.58 Å². The summed E-state index contributed by atoms with van der Waals surface area (Å²) in [5, 5.41) is 0. The maximum Gasteiger partial charge on any atom is 0.201 e. The Morgan fingerprint density at radius 1 is 0.811 bits per heavy atom. The van der Waals surface area contributed by atoms with Crippen LogP contribution in [0.4, 0.5) is 8.78 Å². The second-order valence-electron chi connectivity index (χ2n) is 10.0. The first-order chi connectivity index (χ1) is 18.1. The van der Waals surface area contributed by atoms with E-state index < -0.39 is 11.6 Å². The molecular weight excluding hydrogens is 462 g/mol. The van der Waals surface area contributed by atoms with E-state index in [0.717, 1.165) is 25.7 Å². The lowest BCUT2D eigenvalue weighted by atomic mass is 9.78. The maximum atomic E-state index is 14.5. The molecule has 0 heterocycles. The van der Waals surface area contributed by atoms with Gasteiger partial charge in [0.25, 0.3) is 0 Å². The van der Waals surface area contributed by atoms with E-state index in [4.69, 9.17) is 4.74 Å². The molecule has 0 saturated heterocycles. The quantitative estimate of drug-likeness (QED) is 0.238. The van der Waals surface area contributed by atoms with Crippen molar-refractivity contribution in [2.75, 3.05) is 6.61 Å². The highest BCUT2D eigenvalue weighted by molar-refractivity contribution is 5.65. The molecule has 4 rings (SSSR count). The van der Waals surface area contributed by atoms with Crippen LogP contribution in [-0.4, -0.2) is 6.61 Å². The molecule has 1 aliphatic rings. The Kier molecular flexibility index (Phi) is 9.71. The molecule has 37 heavy (non-hydrogen) atoms. The molecular formula is C34H38F2O. The predicted octanol–water partition coefficient (Wildman–Crippen LogP) is 9.61. The van der Waals surface area contributed by atoms with Crippen molar-refractivity contribution in [1.82, 2.24) is 0 Å². The summed E-state index contributed by atoms with van der Waals surface area (Å²) in [4.78, 5) is 0. The van der Waals surface area contributed by atoms with Crippen LogP contribution >= 0.6 is 0 Å². The lowest BCUT2D eigenvalue weighted by Gasteiger charge is -2.27. The van der Waals surface area contributed by atoms with Crippen LogP contribution in [-0.2, 0) is 12.8 Å². The second-order valence-corrected chi connectivity index (χ2v) is 10.0. The molecule has 1 nitrogen and oxygen atoms in total. The zero-order valence-corrected chi connectivity index (χ0v) is 21.9. The molecule has 0 radical (unpaired) electrons. The van der Waals surface area contributed by atoms with E-state index >= 15 is 0 Å². The standard InChI is InChI=1S/C34H38F2O/c1-3-5-8-25-11-17-28(18-12-25)29-19-13-26(14-20-29)9-6-7-10-27-15-21-30(22-16-27)31-23-24-32(37-4-2)34(36)33(31)35/h3,6,9,11-12,15-18,21-24,26,29H,1,4-5,7-8,10,13-14,19-20H2,2H3/b9-6+. The van der Waals surface area contributed by atoms with E-state index in [-0.39, 0.29) is 11.3 Å². The highest BCUT2D eigenvalue weighted by Gasteiger charge is 2.20. The summed E-state index contributed by atoms with van der Waals surface area (Å²) in [6.45, 7) is 5.85. The van der Waals surface area contributed by atoms with Crippen LogP contribution in [0.3, 0.4) is 0 Å². The monoisotopic (exact) mass is 500 g/mol. The Hall–Kier alpha value is -3.20. The van der Waals surface area contributed by atoms with Crippen molar-refractivity contribution < 1.29 is 13.5 Å². The number of aryl methyl sites for hydroxylation is 2. The lowest BCUT2D eigenvalue weighted by Crippen LogP contribution is -2.11. The van der Waals surface area contributed by atoms with Crippen LogP contribution in [0.15, 0.2) is 85.5 Å². The van der Waals surface area contributed by atoms with Crippen LogP contribution in [0.5, 0.6) is 5.75 Å². The summed E-state index contributed by atoms with van der Waals surface area (Å²) in [5.41, 5.74) is 5.00. The number of halogens is 2. The van der Waals surface area contributed by atoms with Gasteiger partial charge < -0.3 is 4.74 Å². The van der Waals surface area contributed by atoms with E-state index in [2.05, 4.69) is 43.0 Å². The molecule has 1 saturated carbocycles. The molecule has 0 N–H and O–H groups in total. The van der Waals surface area contributed by atoms with Crippen LogP contribution in [0.25, 0.3) is 11.1 Å². The van der Waals surface area contributed by atoms with Crippen LogP contribution in [0, 0.1) is 17.6 Å². The van der Waals surface area contributed by atoms with Gasteiger partial charge in [0.2, 0.25) is 5.82 Å². The van der Waals surface area contributed by atoms with Gasteiger partial charge in [-0.1, -0.05) is 66.8 Å². The fraction of sp³-hybridized carbons (Fsp3) is 0.353. The molecule has 0 amide bonds. The average molecular weight is 501 g/mol. The van der Waals surface area contributed by atoms with E-state index in [1.54, 1.807) is 13.0 Å². The lowest BCUT2D eigenvalue weighted by molar-refractivity contribution is 0.314. The third-order valence-electron chi connectivity index (χ3n) is 7.48. The van der Waals surface area contributed by atoms with Crippen molar-refractivity contribution in [2.45, 2.75) is 64.2 Å². The van der Waals surface area contributed by atoms with Gasteiger partial charge in [0, 0.05) is 5.56 Å². The summed E-state index contributed by atoms with van der Waals surface area (Å²) in [5.74, 6) is -0.487. The van der Waals surface area contributed by atoms with Crippen molar-refractivity contribution in [3.8, 4) is 16.9 Å². The van der Waals surface area contributed by atoms with Gasteiger partial charge in [0.15, 0.2) is 11.6 Å². The predicted molar refractivity (Wildman–Crippen MR) is 150 cm³/mol. The fourth-order valence-electron chi connectivity index (χ4n) is 5.28. The molecule has 1 aliphatic carbocycles. The first-order valence-corrected chi connectivity index (χ1v) is 13.7. The molecule has 0 atom stereocenters. The number of allylic oxidation sites excluding steroid dienone is 3. The zero-order valence-electron chi connectivity index (χ0n) is 21.9. The first kappa shape index (κ1) is 26.9. The molecule has 3 heteroatoms. The number of ether oxygens (including phenoxy) is 1. The van der Waals surface area contributed by atoms with Gasteiger partial charge in [-0.3, -0.25) is 0 Å². The van der Waals surface area contributed by atoms with E-state index in [0.29, 0.717) is 24.0 Å². The van der Waals surface area contributed by atoms with Crippen molar-refractivity contribution in [3.63, 3.8) is 0 Å².